The van der Waals surface area contributed by atoms with Crippen LogP contribution in [-0.2, 0) is 26.1 Å². The molecule has 10 heteroatoms. The number of para-hydroxylation sites is 1. The summed E-state index contributed by atoms with van der Waals surface area (Å²) in [5.41, 5.74) is 6.69. The molecule has 0 radical (unpaired) electrons. The van der Waals surface area contributed by atoms with Crippen LogP contribution in [0.2, 0.25) is 0 Å². The summed E-state index contributed by atoms with van der Waals surface area (Å²) in [5.74, 6) is -0.139. The number of esters is 1. The van der Waals surface area contributed by atoms with Crippen molar-refractivity contribution in [1.29, 1.82) is 0 Å². The quantitative estimate of drug-likeness (QED) is 0.531. The van der Waals surface area contributed by atoms with Crippen molar-refractivity contribution in [2.75, 3.05) is 18.9 Å². The molecule has 31 heavy (non-hydrogen) atoms. The number of nitrogens with one attached hydrogen (secondary N) is 1. The van der Waals surface area contributed by atoms with Gasteiger partial charge in [-0.3, -0.25) is 0 Å². The molecule has 3 aromatic rings. The highest BCUT2D eigenvalue weighted by Crippen LogP contribution is 2.18. The van der Waals surface area contributed by atoms with Gasteiger partial charge < -0.3 is 15.2 Å². The lowest BCUT2D eigenvalue weighted by molar-refractivity contribution is 0.0462. The van der Waals surface area contributed by atoms with Gasteiger partial charge >= 0.3 is 5.97 Å². The molecule has 162 valence electrons. The maximum atomic E-state index is 12.6. The minimum atomic E-state index is -3.78. The largest absolute Gasteiger partial charge is 0.454 e. The number of nitrogens with zero attached hydrogens (tertiary/aromatic N) is 2. The van der Waals surface area contributed by atoms with Gasteiger partial charge in [-0.05, 0) is 43.2 Å². The van der Waals surface area contributed by atoms with Gasteiger partial charge in [0.1, 0.15) is 5.82 Å². The molecule has 0 spiro atoms. The van der Waals surface area contributed by atoms with Crippen molar-refractivity contribution in [2.45, 2.75) is 30.4 Å². The van der Waals surface area contributed by atoms with Crippen LogP contribution in [0.1, 0.15) is 29.0 Å². The number of nitrogen functional groups attached to an aromatic ring is 1. The molecule has 1 aromatic heterocycles. The third-order valence-corrected chi connectivity index (χ3v) is 6.34. The van der Waals surface area contributed by atoms with Gasteiger partial charge in [-0.25, -0.2) is 27.9 Å². The van der Waals surface area contributed by atoms with Crippen molar-refractivity contribution in [3.63, 3.8) is 0 Å². The Kier molecular flexibility index (Phi) is 6.12. The molecule has 0 unspecified atom stereocenters. The molecule has 0 bridgehead atoms. The first-order valence-corrected chi connectivity index (χ1v) is 11.3. The number of anilines is 1. The zero-order valence-electron chi connectivity index (χ0n) is 16.7. The molecule has 0 saturated carbocycles. The van der Waals surface area contributed by atoms with Gasteiger partial charge in [0.05, 0.1) is 22.1 Å². The van der Waals surface area contributed by atoms with E-state index in [1.165, 1.54) is 24.3 Å². The van der Waals surface area contributed by atoms with E-state index in [1.54, 1.807) is 12.1 Å². The summed E-state index contributed by atoms with van der Waals surface area (Å²) in [6.45, 7) is 0.639. The average Bonchev–Trinajstić information content (AvgIpc) is 3.30. The fraction of sp³-hybridized carbons (Fsp3) is 0.286. The molecule has 0 amide bonds. The van der Waals surface area contributed by atoms with Crippen LogP contribution in [0.25, 0.3) is 10.9 Å². The van der Waals surface area contributed by atoms with Gasteiger partial charge in [0.2, 0.25) is 10.0 Å². The van der Waals surface area contributed by atoms with Crippen LogP contribution in [0.3, 0.4) is 0 Å². The molecule has 2 heterocycles. The first-order valence-electron chi connectivity index (χ1n) is 9.82. The highest BCUT2D eigenvalue weighted by molar-refractivity contribution is 7.89. The lowest BCUT2D eigenvalue weighted by Crippen LogP contribution is -2.31. The van der Waals surface area contributed by atoms with Crippen LogP contribution >= 0.6 is 0 Å². The molecule has 9 nitrogen and oxygen atoms in total. The maximum Gasteiger partial charge on any atom is 0.338 e. The molecule has 0 aliphatic carbocycles. The second-order valence-corrected chi connectivity index (χ2v) is 8.90. The van der Waals surface area contributed by atoms with Crippen molar-refractivity contribution in [3.8, 4) is 0 Å². The van der Waals surface area contributed by atoms with Gasteiger partial charge in [0.25, 0.3) is 0 Å². The van der Waals surface area contributed by atoms with Crippen molar-refractivity contribution >= 4 is 32.7 Å². The van der Waals surface area contributed by atoms with E-state index in [0.717, 1.165) is 12.8 Å². The number of sulfonamides is 1. The Morgan fingerprint density at radius 1 is 1.19 bits per heavy atom. The summed E-state index contributed by atoms with van der Waals surface area (Å²) in [4.78, 5) is 20.9. The third kappa shape index (κ3) is 4.98. The zero-order valence-corrected chi connectivity index (χ0v) is 17.5. The highest BCUT2D eigenvalue weighted by Gasteiger charge is 2.21. The fourth-order valence-electron chi connectivity index (χ4n) is 3.31. The molecule has 1 aliphatic rings. The number of fused-ring (bicyclic) bond motifs is 1. The molecule has 4 rings (SSSR count). The summed E-state index contributed by atoms with van der Waals surface area (Å²) in [6, 6.07) is 12.9. The van der Waals surface area contributed by atoms with Crippen molar-refractivity contribution in [1.82, 2.24) is 14.7 Å². The predicted octanol–water partition coefficient (Wildman–Crippen LogP) is 2.03. The Balaban J connectivity index is 1.43. The van der Waals surface area contributed by atoms with Crippen LogP contribution in [-0.4, -0.2) is 43.6 Å². The topological polar surface area (TPSA) is 134 Å². The van der Waals surface area contributed by atoms with Crippen molar-refractivity contribution < 1.29 is 22.7 Å². The van der Waals surface area contributed by atoms with Gasteiger partial charge in [-0.2, -0.15) is 0 Å². The smallest absolute Gasteiger partial charge is 0.338 e. The average molecular weight is 442 g/mol. The predicted molar refractivity (Wildman–Crippen MR) is 114 cm³/mol. The maximum absolute atomic E-state index is 12.6. The standard InChI is InChI=1S/C21H22N4O5S/c22-20-17-8-1-2-9-18(17)24-19(25-20)13-30-21(26)14-5-3-7-16(11-14)31(27,28)23-12-15-6-4-10-29-15/h1-3,5,7-9,11,15,23H,4,6,10,12-13H2,(H2,22,24,25)/t15-/m0/s1. The third-order valence-electron chi connectivity index (χ3n) is 4.92. The normalized spacial score (nSPS) is 16.5. The summed E-state index contributed by atoms with van der Waals surface area (Å²) < 4.78 is 38.3. The van der Waals surface area contributed by atoms with Gasteiger partial charge in [0.15, 0.2) is 12.4 Å². The van der Waals surface area contributed by atoms with E-state index in [1.807, 2.05) is 12.1 Å². The molecule has 1 fully saturated rings. The Labute approximate surface area is 179 Å². The van der Waals surface area contributed by atoms with E-state index in [0.29, 0.717) is 23.3 Å². The zero-order chi connectivity index (χ0) is 21.8. The Morgan fingerprint density at radius 3 is 2.84 bits per heavy atom. The summed E-state index contributed by atoms with van der Waals surface area (Å²) in [5, 5.41) is 0.714. The van der Waals surface area contributed by atoms with E-state index in [-0.39, 0.29) is 35.5 Å². The monoisotopic (exact) mass is 442 g/mol. The molecular weight excluding hydrogens is 420 g/mol. The molecule has 3 N–H and O–H groups in total. The fourth-order valence-corrected chi connectivity index (χ4v) is 4.42. The first kappa shape index (κ1) is 21.2. The molecular formula is C21H22N4O5S. The Bertz CT molecular complexity index is 1210. The number of aromatic nitrogens is 2. The van der Waals surface area contributed by atoms with Crippen LogP contribution < -0.4 is 10.5 Å². The summed E-state index contributed by atoms with van der Waals surface area (Å²) >= 11 is 0. The van der Waals surface area contributed by atoms with Crippen molar-refractivity contribution in [2.24, 2.45) is 0 Å². The molecule has 1 saturated heterocycles. The second-order valence-electron chi connectivity index (χ2n) is 7.13. The minimum Gasteiger partial charge on any atom is -0.454 e. The lowest BCUT2D eigenvalue weighted by atomic mass is 10.2. The van der Waals surface area contributed by atoms with E-state index < -0.39 is 16.0 Å². The van der Waals surface area contributed by atoms with E-state index in [2.05, 4.69) is 14.7 Å². The molecule has 2 aromatic carbocycles. The number of hydrogen-bond acceptors (Lipinski definition) is 8. The van der Waals surface area contributed by atoms with Crippen molar-refractivity contribution in [3.05, 3.63) is 59.9 Å². The molecule has 1 atom stereocenters. The number of rotatable bonds is 7. The van der Waals surface area contributed by atoms with Gasteiger partial charge in [-0.1, -0.05) is 18.2 Å². The van der Waals surface area contributed by atoms with E-state index >= 15 is 0 Å². The second kappa shape index (κ2) is 8.96. The Hall–Kier alpha value is -3.08. The van der Waals surface area contributed by atoms with Crippen LogP contribution in [0, 0.1) is 0 Å². The van der Waals surface area contributed by atoms with E-state index in [9.17, 15) is 13.2 Å². The summed E-state index contributed by atoms with van der Waals surface area (Å²) in [6.07, 6.45) is 1.61. The number of nitrogens with two attached hydrogens (primary N) is 1. The Morgan fingerprint density at radius 2 is 2.03 bits per heavy atom. The first-order chi connectivity index (χ1) is 14.9. The van der Waals surface area contributed by atoms with Crippen LogP contribution in [0.15, 0.2) is 53.4 Å². The number of ether oxygens (including phenoxy) is 2. The van der Waals surface area contributed by atoms with Gasteiger partial charge in [-0.15, -0.1) is 0 Å². The number of hydrogen-bond donors (Lipinski definition) is 2. The highest BCUT2D eigenvalue weighted by atomic mass is 32.2. The van der Waals surface area contributed by atoms with E-state index in [4.69, 9.17) is 15.2 Å². The lowest BCUT2D eigenvalue weighted by Gasteiger charge is -2.12. The summed E-state index contributed by atoms with van der Waals surface area (Å²) in [7, 11) is -3.78. The number of carbonyl (C=O) groups excluding carboxylic acids is 1. The van der Waals surface area contributed by atoms with Crippen LogP contribution in [0.4, 0.5) is 5.82 Å². The number of carbonyl (C=O) groups is 1. The number of benzene rings is 2. The minimum absolute atomic E-state index is 0.0221. The SMILES string of the molecule is Nc1nc(COC(=O)c2cccc(S(=O)(=O)NC[C@@H]3CCCO3)c2)nc2ccccc12. The van der Waals surface area contributed by atoms with Crippen LogP contribution in [0.5, 0.6) is 0 Å². The molecule has 1 aliphatic heterocycles. The van der Waals surface area contributed by atoms with Gasteiger partial charge in [0, 0.05) is 18.5 Å².